The van der Waals surface area contributed by atoms with Crippen LogP contribution in [-0.2, 0) is 22.3 Å². The molecule has 11 heteroatoms. The number of nitrogens with zero attached hydrogens (tertiary/aromatic N) is 3. The Morgan fingerprint density at radius 3 is 2.61 bits per heavy atom. The topological polar surface area (TPSA) is 102 Å². The quantitative estimate of drug-likeness (QED) is 0.847. The molecule has 0 aromatic carbocycles. The zero-order valence-corrected chi connectivity index (χ0v) is 12.6. The lowest BCUT2D eigenvalue weighted by atomic mass is 10.3. The molecule has 0 aliphatic rings. The molecule has 0 spiro atoms. The van der Waals surface area contributed by atoms with Crippen molar-refractivity contribution in [1.29, 1.82) is 0 Å². The van der Waals surface area contributed by atoms with Crippen LogP contribution in [0.2, 0.25) is 0 Å². The minimum atomic E-state index is -4.71. The van der Waals surface area contributed by atoms with Crippen molar-refractivity contribution in [2.45, 2.75) is 19.6 Å². The summed E-state index contributed by atoms with van der Waals surface area (Å²) in [5, 5.41) is 3.28. The van der Waals surface area contributed by atoms with E-state index in [9.17, 15) is 22.8 Å². The fourth-order valence-corrected chi connectivity index (χ4v) is 2.64. The van der Waals surface area contributed by atoms with Gasteiger partial charge >= 0.3 is 23.9 Å². The zero-order valence-electron chi connectivity index (χ0n) is 11.8. The monoisotopic (exact) mass is 348 g/mol. The number of alkyl halides is 3. The van der Waals surface area contributed by atoms with Gasteiger partial charge in [-0.25, -0.2) is 0 Å². The Morgan fingerprint density at radius 2 is 2.09 bits per heavy atom. The Morgan fingerprint density at radius 1 is 1.39 bits per heavy atom. The Bertz CT molecular complexity index is 725. The first kappa shape index (κ1) is 16.9. The third-order valence-corrected chi connectivity index (χ3v) is 3.84. The van der Waals surface area contributed by atoms with Crippen molar-refractivity contribution in [2.24, 2.45) is 5.73 Å². The molecule has 23 heavy (non-hydrogen) atoms. The van der Waals surface area contributed by atoms with Gasteiger partial charge in [0, 0.05) is 11.4 Å². The van der Waals surface area contributed by atoms with Gasteiger partial charge in [-0.2, -0.15) is 18.2 Å². The van der Waals surface area contributed by atoms with Crippen molar-refractivity contribution >= 4 is 23.2 Å². The molecule has 2 amide bonds. The van der Waals surface area contributed by atoms with E-state index in [0.29, 0.717) is 9.75 Å². The van der Waals surface area contributed by atoms with E-state index >= 15 is 0 Å². The van der Waals surface area contributed by atoms with Gasteiger partial charge in [-0.15, -0.1) is 11.3 Å². The highest BCUT2D eigenvalue weighted by Gasteiger charge is 2.38. The van der Waals surface area contributed by atoms with Crippen LogP contribution in [0.4, 0.5) is 13.2 Å². The van der Waals surface area contributed by atoms with E-state index in [1.54, 1.807) is 13.0 Å². The van der Waals surface area contributed by atoms with Crippen LogP contribution in [0.3, 0.4) is 0 Å². The van der Waals surface area contributed by atoms with Crippen LogP contribution in [0.5, 0.6) is 0 Å². The Balaban J connectivity index is 2.16. The summed E-state index contributed by atoms with van der Waals surface area (Å²) in [5.74, 6) is -3.53. The van der Waals surface area contributed by atoms with Gasteiger partial charge in [0.2, 0.25) is 5.82 Å². The molecule has 0 atom stereocenters. The molecule has 0 bridgehead atoms. The van der Waals surface area contributed by atoms with E-state index in [4.69, 9.17) is 5.73 Å². The van der Waals surface area contributed by atoms with E-state index in [2.05, 4.69) is 14.7 Å². The van der Waals surface area contributed by atoms with Gasteiger partial charge < -0.3 is 15.2 Å². The van der Waals surface area contributed by atoms with Crippen molar-refractivity contribution in [3.8, 4) is 10.7 Å². The van der Waals surface area contributed by atoms with Crippen molar-refractivity contribution in [2.75, 3.05) is 6.54 Å². The van der Waals surface area contributed by atoms with Crippen molar-refractivity contribution in [3.05, 3.63) is 22.9 Å². The number of aromatic nitrogens is 2. The van der Waals surface area contributed by atoms with Gasteiger partial charge in [-0.05, 0) is 19.1 Å². The van der Waals surface area contributed by atoms with Gasteiger partial charge in [0.1, 0.15) is 0 Å². The van der Waals surface area contributed by atoms with Gasteiger partial charge in [0.25, 0.3) is 0 Å². The van der Waals surface area contributed by atoms with Crippen LogP contribution in [0, 0.1) is 0 Å². The Hall–Kier alpha value is -2.43. The van der Waals surface area contributed by atoms with Crippen LogP contribution in [0.1, 0.15) is 17.7 Å². The van der Waals surface area contributed by atoms with Gasteiger partial charge in [0.15, 0.2) is 0 Å². The second-order valence-electron chi connectivity index (χ2n) is 4.37. The lowest BCUT2D eigenvalue weighted by Crippen LogP contribution is -2.39. The number of primary amides is 1. The summed E-state index contributed by atoms with van der Waals surface area (Å²) in [6, 6.07) is 3.11. The van der Waals surface area contributed by atoms with Crippen LogP contribution in [0.25, 0.3) is 10.7 Å². The minimum absolute atomic E-state index is 0.104. The van der Waals surface area contributed by atoms with E-state index < -0.39 is 23.9 Å². The number of hydrogen-bond acceptors (Lipinski definition) is 6. The maximum absolute atomic E-state index is 12.4. The molecular weight excluding hydrogens is 337 g/mol. The lowest BCUT2D eigenvalue weighted by molar-refractivity contribution is -0.159. The second kappa shape index (κ2) is 6.36. The Labute approximate surface area is 131 Å². The van der Waals surface area contributed by atoms with Crippen LogP contribution < -0.4 is 5.73 Å². The van der Waals surface area contributed by atoms with Crippen molar-refractivity contribution in [1.82, 2.24) is 15.0 Å². The molecule has 0 aliphatic heterocycles. The molecule has 0 saturated heterocycles. The Kier molecular flexibility index (Phi) is 4.68. The molecular formula is C12H11F3N4O3S. The largest absolute Gasteiger partial charge is 0.471 e. The molecule has 2 rings (SSSR count). The molecule has 2 heterocycles. The third-order valence-electron chi connectivity index (χ3n) is 2.78. The maximum atomic E-state index is 12.4. The SMILES string of the molecule is CCN(Cc1ccc(-c2noc(C(F)(F)F)n2)s1)C(=O)C(N)=O. The first-order chi connectivity index (χ1) is 10.7. The standard InChI is InChI=1S/C12H11F3N4O3S/c1-2-19(10(21)8(16)20)5-6-3-4-7(23-6)9-17-11(22-18-9)12(13,14)15/h3-4H,2,5H2,1H3,(H2,16,20). The highest BCUT2D eigenvalue weighted by molar-refractivity contribution is 7.15. The smallest absolute Gasteiger partial charge is 0.361 e. The molecule has 0 unspecified atom stereocenters. The second-order valence-corrected chi connectivity index (χ2v) is 5.54. The third kappa shape index (κ3) is 3.86. The number of amides is 2. The fraction of sp³-hybridized carbons (Fsp3) is 0.333. The predicted molar refractivity (Wildman–Crippen MR) is 72.9 cm³/mol. The highest BCUT2D eigenvalue weighted by atomic mass is 32.1. The molecule has 0 fully saturated rings. The summed E-state index contributed by atoms with van der Waals surface area (Å²) in [4.78, 5) is 28.0. The number of hydrogen-bond donors (Lipinski definition) is 1. The molecule has 0 aliphatic carbocycles. The summed E-state index contributed by atoms with van der Waals surface area (Å²) < 4.78 is 41.4. The zero-order chi connectivity index (χ0) is 17.2. The molecule has 0 saturated carbocycles. The number of carbonyl (C=O) groups excluding carboxylic acids is 2. The predicted octanol–water partition coefficient (Wildman–Crippen LogP) is 1.65. The number of halogens is 3. The average molecular weight is 348 g/mol. The van der Waals surface area contributed by atoms with Crippen LogP contribution >= 0.6 is 11.3 Å². The molecule has 0 radical (unpaired) electrons. The lowest BCUT2D eigenvalue weighted by Gasteiger charge is -2.17. The molecule has 2 aromatic rings. The molecule has 2 aromatic heterocycles. The maximum Gasteiger partial charge on any atom is 0.471 e. The van der Waals surface area contributed by atoms with Gasteiger partial charge in [-0.1, -0.05) is 5.16 Å². The minimum Gasteiger partial charge on any atom is -0.361 e. The first-order valence-corrected chi connectivity index (χ1v) is 7.12. The van der Waals surface area contributed by atoms with Crippen LogP contribution in [0.15, 0.2) is 16.7 Å². The van der Waals surface area contributed by atoms with Crippen LogP contribution in [-0.4, -0.2) is 33.4 Å². The molecule has 7 nitrogen and oxygen atoms in total. The van der Waals surface area contributed by atoms with Gasteiger partial charge in [0.05, 0.1) is 11.4 Å². The van der Waals surface area contributed by atoms with E-state index in [-0.39, 0.29) is 18.9 Å². The fourth-order valence-electron chi connectivity index (χ4n) is 1.69. The number of carbonyl (C=O) groups is 2. The number of thiophene rings is 1. The number of likely N-dealkylation sites (N-methyl/N-ethyl adjacent to an activating group) is 1. The summed E-state index contributed by atoms with van der Waals surface area (Å²) in [6.07, 6.45) is -4.71. The number of nitrogens with two attached hydrogens (primary N) is 1. The van der Waals surface area contributed by atoms with E-state index in [1.807, 2.05) is 0 Å². The summed E-state index contributed by atoms with van der Waals surface area (Å²) in [7, 11) is 0. The first-order valence-electron chi connectivity index (χ1n) is 6.31. The normalized spacial score (nSPS) is 11.5. The molecule has 124 valence electrons. The highest BCUT2D eigenvalue weighted by Crippen LogP contribution is 2.31. The average Bonchev–Trinajstić information content (AvgIpc) is 3.11. The number of rotatable bonds is 4. The molecule has 2 N–H and O–H groups in total. The van der Waals surface area contributed by atoms with Crippen molar-refractivity contribution < 1.29 is 27.3 Å². The van der Waals surface area contributed by atoms with Crippen molar-refractivity contribution in [3.63, 3.8) is 0 Å². The van der Waals surface area contributed by atoms with E-state index in [1.165, 1.54) is 11.0 Å². The summed E-state index contributed by atoms with van der Waals surface area (Å²) >= 11 is 1.08. The van der Waals surface area contributed by atoms with Gasteiger partial charge in [-0.3, -0.25) is 9.59 Å². The van der Waals surface area contributed by atoms with E-state index in [0.717, 1.165) is 11.3 Å². The summed E-state index contributed by atoms with van der Waals surface area (Å²) in [6.45, 7) is 2.03. The summed E-state index contributed by atoms with van der Waals surface area (Å²) in [5.41, 5.74) is 4.94.